The molecule has 0 aromatic heterocycles. The van der Waals surface area contributed by atoms with Crippen LogP contribution in [0.5, 0.6) is 0 Å². The first-order valence-corrected chi connectivity index (χ1v) is 6.95. The van der Waals surface area contributed by atoms with E-state index in [-0.39, 0.29) is 17.8 Å². The van der Waals surface area contributed by atoms with Crippen LogP contribution in [0, 0.1) is 5.82 Å². The average Bonchev–Trinajstić information content (AvgIpc) is 2.39. The van der Waals surface area contributed by atoms with E-state index in [0.717, 1.165) is 24.0 Å². The molecule has 1 nitrogen and oxygen atoms in total. The number of hydrogen-bond donors (Lipinski definition) is 1. The minimum Gasteiger partial charge on any atom is -0.395 e. The Morgan fingerprint density at radius 3 is 2.44 bits per heavy atom. The Bertz CT molecular complexity index is 406. The lowest BCUT2D eigenvalue weighted by Crippen LogP contribution is -2.22. The third-order valence-corrected chi connectivity index (χ3v) is 4.22. The molecule has 1 fully saturated rings. The topological polar surface area (TPSA) is 20.2 Å². The van der Waals surface area contributed by atoms with Crippen molar-refractivity contribution in [1.82, 2.24) is 0 Å². The molecule has 0 atom stereocenters. The van der Waals surface area contributed by atoms with Crippen LogP contribution in [0.4, 0.5) is 4.39 Å². The Balaban J connectivity index is 2.24. The maximum absolute atomic E-state index is 14.2. The predicted molar refractivity (Wildman–Crippen MR) is 72.3 cm³/mol. The lowest BCUT2D eigenvalue weighted by molar-refractivity contribution is 0.218. The van der Waals surface area contributed by atoms with Crippen molar-refractivity contribution in [3.63, 3.8) is 0 Å². The van der Waals surface area contributed by atoms with Gasteiger partial charge in [0.05, 0.1) is 6.61 Å². The molecule has 1 aliphatic carbocycles. The minimum atomic E-state index is -0.369. The van der Waals surface area contributed by atoms with Crippen LogP contribution in [-0.4, -0.2) is 11.7 Å². The van der Waals surface area contributed by atoms with Gasteiger partial charge in [-0.05, 0) is 36.0 Å². The molecule has 1 saturated carbocycles. The summed E-state index contributed by atoms with van der Waals surface area (Å²) in [6, 6.07) is 5.52. The monoisotopic (exact) mass is 250 g/mol. The van der Waals surface area contributed by atoms with Gasteiger partial charge in [0.25, 0.3) is 0 Å². The molecule has 0 radical (unpaired) electrons. The number of aliphatic hydroxyl groups excluding tert-OH is 1. The zero-order valence-corrected chi connectivity index (χ0v) is 11.4. The van der Waals surface area contributed by atoms with Crippen LogP contribution in [0.2, 0.25) is 0 Å². The van der Waals surface area contributed by atoms with Gasteiger partial charge in [0.1, 0.15) is 5.82 Å². The second-order valence-electron chi connectivity index (χ2n) is 6.11. The molecule has 0 amide bonds. The van der Waals surface area contributed by atoms with Crippen LogP contribution in [0.15, 0.2) is 18.2 Å². The maximum Gasteiger partial charge on any atom is 0.126 e. The number of hydrogen-bond acceptors (Lipinski definition) is 1. The summed E-state index contributed by atoms with van der Waals surface area (Å²) in [5.74, 6) is 0.297. The molecule has 0 saturated heterocycles. The van der Waals surface area contributed by atoms with Crippen molar-refractivity contribution in [3.8, 4) is 0 Å². The van der Waals surface area contributed by atoms with Gasteiger partial charge in [-0.3, -0.25) is 0 Å². The van der Waals surface area contributed by atoms with Crippen LogP contribution in [0.3, 0.4) is 0 Å². The first kappa shape index (κ1) is 13.5. The summed E-state index contributed by atoms with van der Waals surface area (Å²) >= 11 is 0. The molecule has 2 heteroatoms. The second kappa shape index (κ2) is 5.40. The molecule has 1 aromatic rings. The lowest BCUT2D eigenvalue weighted by Gasteiger charge is -2.26. The van der Waals surface area contributed by atoms with E-state index in [0.29, 0.717) is 5.92 Å². The van der Waals surface area contributed by atoms with Crippen molar-refractivity contribution in [2.75, 3.05) is 6.61 Å². The highest BCUT2D eigenvalue weighted by molar-refractivity contribution is 5.31. The fourth-order valence-corrected chi connectivity index (χ4v) is 2.78. The van der Waals surface area contributed by atoms with Crippen LogP contribution in [0.1, 0.15) is 63.0 Å². The average molecular weight is 250 g/mol. The van der Waals surface area contributed by atoms with Gasteiger partial charge < -0.3 is 5.11 Å². The number of benzene rings is 1. The van der Waals surface area contributed by atoms with Crippen LogP contribution in [-0.2, 0) is 5.41 Å². The maximum atomic E-state index is 14.2. The van der Waals surface area contributed by atoms with E-state index in [9.17, 15) is 9.50 Å². The van der Waals surface area contributed by atoms with Gasteiger partial charge in [-0.15, -0.1) is 0 Å². The zero-order chi connectivity index (χ0) is 13.2. The molecule has 0 spiro atoms. The van der Waals surface area contributed by atoms with Crippen molar-refractivity contribution in [1.29, 1.82) is 0 Å². The summed E-state index contributed by atoms with van der Waals surface area (Å²) in [6.45, 7) is 3.90. The molecule has 1 N–H and O–H groups in total. The minimum absolute atomic E-state index is 0.0369. The summed E-state index contributed by atoms with van der Waals surface area (Å²) in [5.41, 5.74) is 1.38. The molecule has 0 aliphatic heterocycles. The fraction of sp³-hybridized carbons (Fsp3) is 0.625. The summed E-state index contributed by atoms with van der Waals surface area (Å²) in [4.78, 5) is 0. The molecule has 0 bridgehead atoms. The van der Waals surface area contributed by atoms with Crippen molar-refractivity contribution in [2.24, 2.45) is 0 Å². The van der Waals surface area contributed by atoms with Gasteiger partial charge in [-0.2, -0.15) is 0 Å². The molecule has 1 aliphatic rings. The van der Waals surface area contributed by atoms with E-state index in [1.54, 1.807) is 6.07 Å². The van der Waals surface area contributed by atoms with Gasteiger partial charge in [0.2, 0.25) is 0 Å². The third-order valence-electron chi connectivity index (χ3n) is 4.22. The Morgan fingerprint density at radius 2 is 1.89 bits per heavy atom. The van der Waals surface area contributed by atoms with E-state index in [2.05, 4.69) is 0 Å². The largest absolute Gasteiger partial charge is 0.395 e. The molecule has 0 heterocycles. The Labute approximate surface area is 109 Å². The molecule has 100 valence electrons. The predicted octanol–water partition coefficient (Wildman–Crippen LogP) is 4.14. The molecule has 1 aromatic carbocycles. The summed E-state index contributed by atoms with van der Waals surface area (Å²) < 4.78 is 14.2. The third kappa shape index (κ3) is 2.74. The van der Waals surface area contributed by atoms with E-state index in [4.69, 9.17) is 0 Å². The number of aliphatic hydroxyl groups is 1. The summed E-state index contributed by atoms with van der Waals surface area (Å²) in [7, 11) is 0. The molecule has 0 unspecified atom stereocenters. The quantitative estimate of drug-likeness (QED) is 0.854. The van der Waals surface area contributed by atoms with E-state index < -0.39 is 0 Å². The van der Waals surface area contributed by atoms with Crippen molar-refractivity contribution >= 4 is 0 Å². The van der Waals surface area contributed by atoms with Gasteiger partial charge in [0, 0.05) is 5.41 Å². The summed E-state index contributed by atoms with van der Waals surface area (Å²) in [6.07, 6.45) is 5.94. The first-order chi connectivity index (χ1) is 8.54. The molecular weight excluding hydrogens is 227 g/mol. The first-order valence-electron chi connectivity index (χ1n) is 6.95. The van der Waals surface area contributed by atoms with Crippen LogP contribution >= 0.6 is 0 Å². The Morgan fingerprint density at radius 1 is 1.22 bits per heavy atom. The molecular formula is C16H23FO. The van der Waals surface area contributed by atoms with Crippen LogP contribution in [0.25, 0.3) is 0 Å². The standard InChI is InChI=1S/C16H23FO/c1-16(2,11-18)13-8-9-14(15(17)10-13)12-6-4-3-5-7-12/h8-10,12,18H,3-7,11H2,1-2H3. The van der Waals surface area contributed by atoms with Crippen molar-refractivity contribution in [3.05, 3.63) is 35.1 Å². The van der Waals surface area contributed by atoms with Crippen LogP contribution < -0.4 is 0 Å². The van der Waals surface area contributed by atoms with E-state index >= 15 is 0 Å². The van der Waals surface area contributed by atoms with Gasteiger partial charge in [0.15, 0.2) is 0 Å². The number of rotatable bonds is 3. The van der Waals surface area contributed by atoms with Gasteiger partial charge >= 0.3 is 0 Å². The normalized spacial score (nSPS) is 18.0. The smallest absolute Gasteiger partial charge is 0.126 e. The highest BCUT2D eigenvalue weighted by Crippen LogP contribution is 2.35. The summed E-state index contributed by atoms with van der Waals surface area (Å²) in [5, 5.41) is 9.33. The highest BCUT2D eigenvalue weighted by atomic mass is 19.1. The molecule has 18 heavy (non-hydrogen) atoms. The van der Waals surface area contributed by atoms with Gasteiger partial charge in [-0.25, -0.2) is 4.39 Å². The van der Waals surface area contributed by atoms with E-state index in [1.807, 2.05) is 26.0 Å². The fourth-order valence-electron chi connectivity index (χ4n) is 2.78. The Hall–Kier alpha value is -0.890. The SMILES string of the molecule is CC(C)(CO)c1ccc(C2CCCCC2)c(F)c1. The van der Waals surface area contributed by atoms with Crippen molar-refractivity contribution in [2.45, 2.75) is 57.3 Å². The zero-order valence-electron chi connectivity index (χ0n) is 11.4. The second-order valence-corrected chi connectivity index (χ2v) is 6.11. The highest BCUT2D eigenvalue weighted by Gasteiger charge is 2.23. The lowest BCUT2D eigenvalue weighted by atomic mass is 9.81. The van der Waals surface area contributed by atoms with E-state index in [1.165, 1.54) is 19.3 Å². The molecule has 2 rings (SSSR count). The van der Waals surface area contributed by atoms with Gasteiger partial charge in [-0.1, -0.05) is 45.2 Å². The van der Waals surface area contributed by atoms with Crippen molar-refractivity contribution < 1.29 is 9.50 Å². The Kier molecular flexibility index (Phi) is 4.06. The number of halogens is 1.